The number of amides is 2. The van der Waals surface area contributed by atoms with Crippen molar-refractivity contribution in [3.63, 3.8) is 0 Å². The summed E-state index contributed by atoms with van der Waals surface area (Å²) in [4.78, 5) is 33.3. The van der Waals surface area contributed by atoms with E-state index in [1.54, 1.807) is 18.2 Å². The Balaban J connectivity index is 1.43. The van der Waals surface area contributed by atoms with Gasteiger partial charge in [0.15, 0.2) is 5.13 Å². The van der Waals surface area contributed by atoms with E-state index in [4.69, 9.17) is 11.6 Å². The second kappa shape index (κ2) is 9.28. The van der Waals surface area contributed by atoms with Crippen molar-refractivity contribution in [2.24, 2.45) is 0 Å². The van der Waals surface area contributed by atoms with Gasteiger partial charge in [-0.2, -0.15) is 0 Å². The lowest BCUT2D eigenvalue weighted by molar-refractivity contribution is 0.0939. The maximum Gasteiger partial charge on any atom is 0.257 e. The monoisotopic (exact) mass is 470 g/mol. The van der Waals surface area contributed by atoms with E-state index < -0.39 is 0 Å². The fourth-order valence-corrected chi connectivity index (χ4v) is 4.77. The normalized spacial score (nSPS) is 14.5. The summed E-state index contributed by atoms with van der Waals surface area (Å²) in [6, 6.07) is 11.1. The van der Waals surface area contributed by atoms with E-state index in [1.807, 2.05) is 13.0 Å². The van der Waals surface area contributed by atoms with E-state index in [-0.39, 0.29) is 28.6 Å². The molecule has 1 aliphatic heterocycles. The van der Waals surface area contributed by atoms with Gasteiger partial charge in [0.2, 0.25) is 0 Å². The minimum Gasteiger partial charge on any atom is -0.506 e. The number of likely N-dealkylation sites (N-methyl/N-ethyl adjacent to an activating group) is 1. The lowest BCUT2D eigenvalue weighted by atomic mass is 10.0. The summed E-state index contributed by atoms with van der Waals surface area (Å²) < 4.78 is 0. The predicted molar refractivity (Wildman–Crippen MR) is 126 cm³/mol. The molecule has 2 amide bonds. The van der Waals surface area contributed by atoms with Gasteiger partial charge in [0, 0.05) is 35.5 Å². The number of phenolic OH excluding ortho intramolecular Hbond substituents is 1. The number of benzene rings is 2. The number of nitrogens with one attached hydrogen (secondary N) is 2. The molecule has 0 fully saturated rings. The predicted octanol–water partition coefficient (Wildman–Crippen LogP) is 4.23. The Morgan fingerprint density at radius 3 is 2.75 bits per heavy atom. The molecule has 2 aromatic carbocycles. The second-order valence-electron chi connectivity index (χ2n) is 7.82. The van der Waals surface area contributed by atoms with Crippen molar-refractivity contribution in [2.75, 3.05) is 18.9 Å². The standard InChI is InChI=1S/C23H23ClN4O3S/c1-13(25-21(30)16-6-7-19(29)17(24)11-16)14-4-3-5-15(10-14)22(31)27-23-26-18-8-9-28(2)12-20(18)32-23/h3-7,10-11,13,29H,8-9,12H2,1-2H3,(H,25,30)(H,26,27,31). The lowest BCUT2D eigenvalue weighted by Crippen LogP contribution is -2.26. The number of aromatic nitrogens is 1. The fraction of sp³-hybridized carbons (Fsp3) is 0.261. The fourth-order valence-electron chi connectivity index (χ4n) is 3.51. The Labute approximate surface area is 195 Å². The van der Waals surface area contributed by atoms with Crippen LogP contribution in [0.1, 0.15) is 49.8 Å². The number of rotatable bonds is 5. The topological polar surface area (TPSA) is 94.6 Å². The molecule has 7 nitrogen and oxygen atoms in total. The Morgan fingerprint density at radius 2 is 1.97 bits per heavy atom. The van der Waals surface area contributed by atoms with Crippen LogP contribution in [0.15, 0.2) is 42.5 Å². The molecular weight excluding hydrogens is 448 g/mol. The number of hydrogen-bond donors (Lipinski definition) is 3. The summed E-state index contributed by atoms with van der Waals surface area (Å²) >= 11 is 7.40. The average molecular weight is 471 g/mol. The number of carbonyl (C=O) groups is 2. The van der Waals surface area contributed by atoms with Crippen molar-refractivity contribution in [1.29, 1.82) is 0 Å². The molecule has 1 aliphatic rings. The van der Waals surface area contributed by atoms with E-state index in [1.165, 1.54) is 34.4 Å². The first-order valence-corrected chi connectivity index (χ1v) is 11.4. The molecule has 166 valence electrons. The second-order valence-corrected chi connectivity index (χ2v) is 9.31. The number of nitrogens with zero attached hydrogens (tertiary/aromatic N) is 2. The molecule has 2 heterocycles. The van der Waals surface area contributed by atoms with Gasteiger partial charge in [-0.1, -0.05) is 23.7 Å². The van der Waals surface area contributed by atoms with Gasteiger partial charge in [-0.25, -0.2) is 4.98 Å². The molecule has 0 aliphatic carbocycles. The van der Waals surface area contributed by atoms with Gasteiger partial charge in [-0.3, -0.25) is 14.9 Å². The molecule has 0 saturated carbocycles. The van der Waals surface area contributed by atoms with Crippen molar-refractivity contribution in [2.45, 2.75) is 25.9 Å². The number of carbonyl (C=O) groups excluding carboxylic acids is 2. The van der Waals surface area contributed by atoms with Crippen molar-refractivity contribution in [1.82, 2.24) is 15.2 Å². The van der Waals surface area contributed by atoms with Crippen molar-refractivity contribution in [3.05, 3.63) is 74.7 Å². The molecule has 3 N–H and O–H groups in total. The van der Waals surface area contributed by atoms with Crippen molar-refractivity contribution in [3.8, 4) is 5.75 Å². The van der Waals surface area contributed by atoms with E-state index in [0.717, 1.165) is 30.8 Å². The van der Waals surface area contributed by atoms with Crippen molar-refractivity contribution >= 4 is 39.9 Å². The lowest BCUT2D eigenvalue weighted by Gasteiger charge is -2.20. The summed E-state index contributed by atoms with van der Waals surface area (Å²) in [5, 5.41) is 16.0. The van der Waals surface area contributed by atoms with Crippen LogP contribution < -0.4 is 10.6 Å². The van der Waals surface area contributed by atoms with Crippen LogP contribution in [0.5, 0.6) is 5.75 Å². The van der Waals surface area contributed by atoms with Crippen LogP contribution in [-0.2, 0) is 13.0 Å². The number of aromatic hydroxyl groups is 1. The number of fused-ring (bicyclic) bond motifs is 1. The van der Waals surface area contributed by atoms with Gasteiger partial charge < -0.3 is 15.3 Å². The van der Waals surface area contributed by atoms with Crippen molar-refractivity contribution < 1.29 is 14.7 Å². The summed E-state index contributed by atoms with van der Waals surface area (Å²) in [7, 11) is 2.07. The third-order valence-electron chi connectivity index (χ3n) is 5.35. The van der Waals surface area contributed by atoms with Gasteiger partial charge in [0.05, 0.1) is 16.8 Å². The first-order chi connectivity index (χ1) is 15.3. The zero-order chi connectivity index (χ0) is 22.8. The van der Waals surface area contributed by atoms with Crippen LogP contribution in [-0.4, -0.2) is 40.4 Å². The molecule has 1 atom stereocenters. The molecule has 0 spiro atoms. The third kappa shape index (κ3) is 4.93. The van der Waals surface area contributed by atoms with E-state index in [9.17, 15) is 14.7 Å². The molecule has 0 radical (unpaired) electrons. The third-order valence-corrected chi connectivity index (χ3v) is 6.65. The zero-order valence-corrected chi connectivity index (χ0v) is 19.3. The molecule has 1 unspecified atom stereocenters. The molecular formula is C23H23ClN4O3S. The van der Waals surface area contributed by atoms with E-state index in [2.05, 4.69) is 27.6 Å². The number of hydrogen-bond acceptors (Lipinski definition) is 6. The van der Waals surface area contributed by atoms with Crippen LogP contribution >= 0.6 is 22.9 Å². The van der Waals surface area contributed by atoms with E-state index in [0.29, 0.717) is 16.3 Å². The highest BCUT2D eigenvalue weighted by atomic mass is 35.5. The minimum atomic E-state index is -0.342. The number of anilines is 1. The molecule has 9 heteroatoms. The maximum atomic E-state index is 12.8. The van der Waals surface area contributed by atoms with Crippen LogP contribution in [0.2, 0.25) is 5.02 Å². The summed E-state index contributed by atoms with van der Waals surface area (Å²) in [6.07, 6.45) is 0.886. The highest BCUT2D eigenvalue weighted by molar-refractivity contribution is 7.15. The Morgan fingerprint density at radius 1 is 1.19 bits per heavy atom. The highest BCUT2D eigenvalue weighted by Gasteiger charge is 2.20. The Hall–Kier alpha value is -2.94. The molecule has 1 aromatic heterocycles. The smallest absolute Gasteiger partial charge is 0.257 e. The van der Waals surface area contributed by atoms with Gasteiger partial charge >= 0.3 is 0 Å². The SMILES string of the molecule is CC(NC(=O)c1ccc(O)c(Cl)c1)c1cccc(C(=O)Nc2nc3c(s2)CN(C)CC3)c1. The number of thiazole rings is 1. The highest BCUT2D eigenvalue weighted by Crippen LogP contribution is 2.28. The Bertz CT molecular complexity index is 1180. The first-order valence-electron chi connectivity index (χ1n) is 10.2. The van der Waals surface area contributed by atoms with Gasteiger partial charge in [-0.05, 0) is 49.9 Å². The molecule has 3 aromatic rings. The van der Waals surface area contributed by atoms with Crippen LogP contribution in [0.3, 0.4) is 0 Å². The van der Waals surface area contributed by atoms with E-state index >= 15 is 0 Å². The number of halogens is 1. The summed E-state index contributed by atoms with van der Waals surface area (Å²) in [5.41, 5.74) is 2.67. The first kappa shape index (κ1) is 22.3. The average Bonchev–Trinajstić information content (AvgIpc) is 3.16. The minimum absolute atomic E-state index is 0.0805. The number of phenols is 1. The van der Waals surface area contributed by atoms with Gasteiger partial charge in [0.25, 0.3) is 11.8 Å². The Kier molecular flexibility index (Phi) is 6.45. The molecule has 4 rings (SSSR count). The summed E-state index contributed by atoms with van der Waals surface area (Å²) in [5.74, 6) is -0.647. The van der Waals surface area contributed by atoms with Crippen LogP contribution in [0.4, 0.5) is 5.13 Å². The molecule has 32 heavy (non-hydrogen) atoms. The van der Waals surface area contributed by atoms with Gasteiger partial charge in [-0.15, -0.1) is 11.3 Å². The maximum absolute atomic E-state index is 12.8. The van der Waals surface area contributed by atoms with Gasteiger partial charge in [0.1, 0.15) is 5.75 Å². The summed E-state index contributed by atoms with van der Waals surface area (Å²) in [6.45, 7) is 3.65. The van der Waals surface area contributed by atoms with Crippen LogP contribution in [0.25, 0.3) is 0 Å². The quantitative estimate of drug-likeness (QED) is 0.518. The largest absolute Gasteiger partial charge is 0.506 e. The van der Waals surface area contributed by atoms with Crippen LogP contribution in [0, 0.1) is 0 Å². The zero-order valence-electron chi connectivity index (χ0n) is 17.7. The molecule has 0 bridgehead atoms. The molecule has 0 saturated heterocycles.